The fourth-order valence-electron chi connectivity index (χ4n) is 2.38. The van der Waals surface area contributed by atoms with Crippen LogP contribution in [0.4, 0.5) is 0 Å². The summed E-state index contributed by atoms with van der Waals surface area (Å²) >= 11 is 0. The third-order valence-corrected chi connectivity index (χ3v) is 3.64. The fraction of sp³-hybridized carbons (Fsp3) is 0.211. The number of fused-ring (bicyclic) bond motifs is 1. The van der Waals surface area contributed by atoms with Gasteiger partial charge in [-0.05, 0) is 42.3 Å². The zero-order valence-corrected chi connectivity index (χ0v) is 13.7. The van der Waals surface area contributed by atoms with E-state index in [1.807, 2.05) is 0 Å². The van der Waals surface area contributed by atoms with E-state index in [4.69, 9.17) is 9.47 Å². The Morgan fingerprint density at radius 2 is 1.96 bits per heavy atom. The number of carbonyl (C=O) groups excluding carboxylic acids is 2. The quantitative estimate of drug-likeness (QED) is 0.491. The normalized spacial score (nSPS) is 14.7. The van der Waals surface area contributed by atoms with Crippen molar-refractivity contribution in [2.45, 2.75) is 20.8 Å². The lowest BCUT2D eigenvalue weighted by atomic mass is 10.0. The van der Waals surface area contributed by atoms with E-state index >= 15 is 0 Å². The van der Waals surface area contributed by atoms with Crippen molar-refractivity contribution in [3.8, 4) is 11.5 Å². The SMILES string of the molecule is Cc1cc(OC(=O)C(C)C)cc2c1C(=O)C(=Cc1ccncc1)O2. The van der Waals surface area contributed by atoms with Crippen LogP contribution in [0.5, 0.6) is 11.5 Å². The molecule has 0 unspecified atom stereocenters. The van der Waals surface area contributed by atoms with Crippen molar-refractivity contribution in [3.63, 3.8) is 0 Å². The minimum atomic E-state index is -0.328. The molecular weight excluding hydrogens is 306 g/mol. The molecule has 1 aromatic carbocycles. The highest BCUT2D eigenvalue weighted by atomic mass is 16.5. The van der Waals surface area contributed by atoms with Crippen LogP contribution in [-0.2, 0) is 4.79 Å². The molecule has 0 atom stereocenters. The topological polar surface area (TPSA) is 65.5 Å². The van der Waals surface area contributed by atoms with Crippen LogP contribution in [0.25, 0.3) is 6.08 Å². The molecule has 1 aromatic heterocycles. The molecule has 1 aliphatic rings. The third kappa shape index (κ3) is 3.06. The molecule has 24 heavy (non-hydrogen) atoms. The van der Waals surface area contributed by atoms with Crippen molar-refractivity contribution in [2.75, 3.05) is 0 Å². The number of hydrogen-bond acceptors (Lipinski definition) is 5. The molecule has 0 bridgehead atoms. The summed E-state index contributed by atoms with van der Waals surface area (Å²) in [5.74, 6) is 0.289. The van der Waals surface area contributed by atoms with Crippen LogP contribution in [0.3, 0.4) is 0 Å². The van der Waals surface area contributed by atoms with Crippen molar-refractivity contribution >= 4 is 17.8 Å². The number of carbonyl (C=O) groups is 2. The van der Waals surface area contributed by atoms with Crippen LogP contribution in [0.1, 0.15) is 35.3 Å². The first-order chi connectivity index (χ1) is 11.5. The highest BCUT2D eigenvalue weighted by molar-refractivity contribution is 6.15. The van der Waals surface area contributed by atoms with Gasteiger partial charge in [0, 0.05) is 18.5 Å². The number of nitrogens with zero attached hydrogens (tertiary/aromatic N) is 1. The van der Waals surface area contributed by atoms with Crippen molar-refractivity contribution < 1.29 is 19.1 Å². The fourth-order valence-corrected chi connectivity index (χ4v) is 2.38. The highest BCUT2D eigenvalue weighted by Crippen LogP contribution is 2.37. The van der Waals surface area contributed by atoms with Crippen LogP contribution in [-0.4, -0.2) is 16.7 Å². The Kier molecular flexibility index (Phi) is 4.16. The number of allylic oxidation sites excluding steroid dienone is 1. The number of ketones is 1. The average Bonchev–Trinajstić information content (AvgIpc) is 2.84. The molecular formula is C19H17NO4. The van der Waals surface area contributed by atoms with Gasteiger partial charge in [-0.3, -0.25) is 14.6 Å². The van der Waals surface area contributed by atoms with E-state index in [9.17, 15) is 9.59 Å². The molecule has 1 aliphatic heterocycles. The molecule has 0 saturated heterocycles. The summed E-state index contributed by atoms with van der Waals surface area (Å²) in [6, 6.07) is 6.83. The molecule has 2 aromatic rings. The standard InChI is InChI=1S/C19H17NO4/c1-11(2)19(22)23-14-8-12(3)17-15(10-14)24-16(18(17)21)9-13-4-6-20-7-5-13/h4-11H,1-3H3. The van der Waals surface area contributed by atoms with Gasteiger partial charge in [0.1, 0.15) is 11.5 Å². The molecule has 0 N–H and O–H groups in total. The van der Waals surface area contributed by atoms with Crippen LogP contribution >= 0.6 is 0 Å². The van der Waals surface area contributed by atoms with Gasteiger partial charge >= 0.3 is 5.97 Å². The number of pyridine rings is 1. The summed E-state index contributed by atoms with van der Waals surface area (Å²) in [7, 11) is 0. The van der Waals surface area contributed by atoms with Gasteiger partial charge in [-0.25, -0.2) is 0 Å². The Labute approximate surface area is 139 Å². The van der Waals surface area contributed by atoms with Gasteiger partial charge in [0.15, 0.2) is 5.76 Å². The van der Waals surface area contributed by atoms with E-state index in [1.165, 1.54) is 0 Å². The molecule has 0 spiro atoms. The number of ether oxygens (including phenoxy) is 2. The average molecular weight is 323 g/mol. The largest absolute Gasteiger partial charge is 0.452 e. The summed E-state index contributed by atoms with van der Waals surface area (Å²) in [5.41, 5.74) is 2.03. The Balaban J connectivity index is 1.92. The maximum Gasteiger partial charge on any atom is 0.313 e. The van der Waals surface area contributed by atoms with Gasteiger partial charge in [-0.1, -0.05) is 13.8 Å². The second kappa shape index (κ2) is 6.28. The zero-order chi connectivity index (χ0) is 17.3. The predicted octanol–water partition coefficient (Wildman–Crippen LogP) is 3.57. The maximum absolute atomic E-state index is 12.5. The first-order valence-corrected chi connectivity index (χ1v) is 7.66. The van der Waals surface area contributed by atoms with Gasteiger partial charge in [0.25, 0.3) is 0 Å². The van der Waals surface area contributed by atoms with Crippen molar-refractivity contribution in [3.05, 3.63) is 59.1 Å². The van der Waals surface area contributed by atoms with Crippen LogP contribution in [0, 0.1) is 12.8 Å². The molecule has 5 heteroatoms. The van der Waals surface area contributed by atoms with Gasteiger partial charge < -0.3 is 9.47 Å². The number of aromatic nitrogens is 1. The van der Waals surface area contributed by atoms with E-state index in [1.54, 1.807) is 63.5 Å². The predicted molar refractivity (Wildman–Crippen MR) is 88.8 cm³/mol. The van der Waals surface area contributed by atoms with Crippen LogP contribution < -0.4 is 9.47 Å². The molecule has 0 radical (unpaired) electrons. The first-order valence-electron chi connectivity index (χ1n) is 7.66. The zero-order valence-electron chi connectivity index (χ0n) is 13.7. The Bertz CT molecular complexity index is 838. The van der Waals surface area contributed by atoms with Gasteiger partial charge in [0.2, 0.25) is 5.78 Å². The number of rotatable bonds is 3. The number of esters is 1. The molecule has 0 fully saturated rings. The van der Waals surface area contributed by atoms with E-state index in [-0.39, 0.29) is 23.4 Å². The van der Waals surface area contributed by atoms with Crippen LogP contribution in [0.15, 0.2) is 42.4 Å². The van der Waals surface area contributed by atoms with E-state index in [2.05, 4.69) is 4.98 Å². The molecule has 0 aliphatic carbocycles. The van der Waals surface area contributed by atoms with Gasteiger partial charge in [0.05, 0.1) is 11.5 Å². The molecule has 3 rings (SSSR count). The van der Waals surface area contributed by atoms with Crippen molar-refractivity contribution in [2.24, 2.45) is 5.92 Å². The summed E-state index contributed by atoms with van der Waals surface area (Å²) in [5, 5.41) is 0. The molecule has 2 heterocycles. The van der Waals surface area contributed by atoms with Gasteiger partial charge in [-0.2, -0.15) is 0 Å². The second-order valence-electron chi connectivity index (χ2n) is 5.91. The summed E-state index contributed by atoms with van der Waals surface area (Å²) in [4.78, 5) is 28.2. The summed E-state index contributed by atoms with van der Waals surface area (Å²) in [6.45, 7) is 5.32. The monoisotopic (exact) mass is 323 g/mol. The molecule has 122 valence electrons. The molecule has 5 nitrogen and oxygen atoms in total. The van der Waals surface area contributed by atoms with E-state index in [0.717, 1.165) is 5.56 Å². The van der Waals surface area contributed by atoms with Gasteiger partial charge in [-0.15, -0.1) is 0 Å². The Hall–Kier alpha value is -2.95. The van der Waals surface area contributed by atoms with Crippen LogP contribution in [0.2, 0.25) is 0 Å². The Morgan fingerprint density at radius 1 is 1.25 bits per heavy atom. The summed E-state index contributed by atoms with van der Waals surface area (Å²) in [6.07, 6.45) is 4.96. The lowest BCUT2D eigenvalue weighted by Crippen LogP contribution is -2.14. The number of hydrogen-bond donors (Lipinski definition) is 0. The van der Waals surface area contributed by atoms with Crippen molar-refractivity contribution in [1.29, 1.82) is 0 Å². The minimum absolute atomic E-state index is 0.180. The third-order valence-electron chi connectivity index (χ3n) is 3.64. The number of Topliss-reactive ketones (excluding diaryl/α,β-unsaturated/α-hetero) is 1. The summed E-state index contributed by atoms with van der Waals surface area (Å²) < 4.78 is 11.0. The molecule has 0 amide bonds. The number of benzene rings is 1. The second-order valence-corrected chi connectivity index (χ2v) is 5.91. The minimum Gasteiger partial charge on any atom is -0.452 e. The lowest BCUT2D eigenvalue weighted by molar-refractivity contribution is -0.137. The number of aryl methyl sites for hydroxylation is 1. The Morgan fingerprint density at radius 3 is 2.62 bits per heavy atom. The van der Waals surface area contributed by atoms with E-state index < -0.39 is 0 Å². The lowest BCUT2D eigenvalue weighted by Gasteiger charge is -2.09. The molecule has 0 saturated carbocycles. The highest BCUT2D eigenvalue weighted by Gasteiger charge is 2.30. The maximum atomic E-state index is 12.5. The smallest absolute Gasteiger partial charge is 0.313 e. The first kappa shape index (κ1) is 15.9. The van der Waals surface area contributed by atoms with Crippen molar-refractivity contribution in [1.82, 2.24) is 4.98 Å². The van der Waals surface area contributed by atoms with E-state index in [0.29, 0.717) is 22.6 Å².